The van der Waals surface area contributed by atoms with Crippen LogP contribution >= 0.6 is 0 Å². The highest BCUT2D eigenvalue weighted by Crippen LogP contribution is 2.21. The highest BCUT2D eigenvalue weighted by atomic mass is 16.6. The van der Waals surface area contributed by atoms with Gasteiger partial charge in [-0.1, -0.05) is 12.1 Å². The fourth-order valence-electron chi connectivity index (χ4n) is 2.99. The van der Waals surface area contributed by atoms with Crippen molar-refractivity contribution in [1.29, 1.82) is 0 Å². The summed E-state index contributed by atoms with van der Waals surface area (Å²) in [7, 11) is 1.62. The maximum absolute atomic E-state index is 12.4. The SMILES string of the molecule is COc1ccc(Cn2nnnc2C=C2CN(C(=O)OC(C)(C)C)CCC2O)cc1. The molecule has 3 rings (SSSR count). The molecule has 29 heavy (non-hydrogen) atoms. The van der Waals surface area contributed by atoms with E-state index in [9.17, 15) is 9.90 Å². The van der Waals surface area contributed by atoms with Gasteiger partial charge in [-0.3, -0.25) is 0 Å². The lowest BCUT2D eigenvalue weighted by atomic mass is 10.0. The molecule has 1 aliphatic heterocycles. The number of benzene rings is 1. The number of carbonyl (C=O) groups excluding carboxylic acids is 1. The number of methoxy groups -OCH3 is 1. The maximum Gasteiger partial charge on any atom is 0.410 e. The van der Waals surface area contributed by atoms with Gasteiger partial charge < -0.3 is 19.5 Å². The van der Waals surface area contributed by atoms with Crippen LogP contribution in [0.5, 0.6) is 5.75 Å². The Balaban J connectivity index is 1.74. The number of amides is 1. The molecule has 0 bridgehead atoms. The van der Waals surface area contributed by atoms with Crippen LogP contribution in [0, 0.1) is 0 Å². The molecule has 1 aromatic carbocycles. The van der Waals surface area contributed by atoms with Gasteiger partial charge in [0, 0.05) is 13.1 Å². The Morgan fingerprint density at radius 1 is 1.31 bits per heavy atom. The minimum atomic E-state index is -0.653. The number of hydrogen-bond donors (Lipinski definition) is 1. The summed E-state index contributed by atoms with van der Waals surface area (Å²) >= 11 is 0. The molecule has 1 aliphatic rings. The molecule has 2 aromatic rings. The number of carbonyl (C=O) groups is 1. The molecular formula is C20H27N5O4. The second-order valence-electron chi connectivity index (χ2n) is 7.97. The van der Waals surface area contributed by atoms with Gasteiger partial charge in [-0.05, 0) is 67.0 Å². The molecule has 0 spiro atoms. The predicted molar refractivity (Wildman–Crippen MR) is 106 cm³/mol. The first-order valence-electron chi connectivity index (χ1n) is 9.51. The summed E-state index contributed by atoms with van der Waals surface area (Å²) in [6.45, 7) is 6.66. The Labute approximate surface area is 169 Å². The molecule has 1 fully saturated rings. The van der Waals surface area contributed by atoms with Crippen LogP contribution < -0.4 is 4.74 Å². The molecule has 0 saturated carbocycles. The molecule has 9 heteroatoms. The number of piperidine rings is 1. The van der Waals surface area contributed by atoms with Crippen LogP contribution in [0.4, 0.5) is 4.79 Å². The zero-order valence-corrected chi connectivity index (χ0v) is 17.2. The van der Waals surface area contributed by atoms with Crippen molar-refractivity contribution in [3.05, 3.63) is 41.2 Å². The Hall–Kier alpha value is -2.94. The average molecular weight is 401 g/mol. The third-order valence-electron chi connectivity index (χ3n) is 4.49. The zero-order valence-electron chi connectivity index (χ0n) is 17.2. The highest BCUT2D eigenvalue weighted by molar-refractivity contribution is 5.69. The van der Waals surface area contributed by atoms with E-state index in [2.05, 4.69) is 15.5 Å². The number of likely N-dealkylation sites (tertiary alicyclic amines) is 1. The van der Waals surface area contributed by atoms with Gasteiger partial charge in [0.15, 0.2) is 5.82 Å². The molecule has 156 valence electrons. The molecule has 1 saturated heterocycles. The Bertz CT molecular complexity index is 870. The summed E-state index contributed by atoms with van der Waals surface area (Å²) in [5.74, 6) is 1.29. The lowest BCUT2D eigenvalue weighted by Crippen LogP contribution is -2.44. The van der Waals surface area contributed by atoms with Crippen LogP contribution in [-0.2, 0) is 11.3 Å². The van der Waals surface area contributed by atoms with Crippen molar-refractivity contribution in [3.63, 3.8) is 0 Å². The summed E-state index contributed by atoms with van der Waals surface area (Å²) in [4.78, 5) is 14.0. The van der Waals surface area contributed by atoms with Crippen molar-refractivity contribution >= 4 is 12.2 Å². The predicted octanol–water partition coefficient (Wildman–Crippen LogP) is 2.12. The number of tetrazole rings is 1. The molecule has 1 unspecified atom stereocenters. The normalized spacial score (nSPS) is 18.7. The third kappa shape index (κ3) is 5.54. The minimum absolute atomic E-state index is 0.269. The number of hydrogen-bond acceptors (Lipinski definition) is 7. The Morgan fingerprint density at radius 3 is 2.69 bits per heavy atom. The van der Waals surface area contributed by atoms with Gasteiger partial charge in [0.1, 0.15) is 11.4 Å². The fourth-order valence-corrected chi connectivity index (χ4v) is 2.99. The van der Waals surface area contributed by atoms with Gasteiger partial charge in [0.2, 0.25) is 0 Å². The highest BCUT2D eigenvalue weighted by Gasteiger charge is 2.29. The Kier molecular flexibility index (Phi) is 6.17. The number of nitrogens with zero attached hydrogens (tertiary/aromatic N) is 5. The summed E-state index contributed by atoms with van der Waals surface area (Å²) in [5, 5.41) is 22.3. The van der Waals surface area contributed by atoms with E-state index >= 15 is 0 Å². The third-order valence-corrected chi connectivity index (χ3v) is 4.49. The molecule has 0 radical (unpaired) electrons. The Morgan fingerprint density at radius 2 is 2.03 bits per heavy atom. The molecule has 1 aromatic heterocycles. The summed E-state index contributed by atoms with van der Waals surface area (Å²) in [6.07, 6.45) is 1.13. The van der Waals surface area contributed by atoms with E-state index in [4.69, 9.17) is 9.47 Å². The maximum atomic E-state index is 12.4. The van der Waals surface area contributed by atoms with Crippen LogP contribution in [0.25, 0.3) is 6.08 Å². The number of aromatic nitrogens is 4. The number of rotatable bonds is 4. The van der Waals surface area contributed by atoms with E-state index in [1.165, 1.54) is 0 Å². The first-order valence-corrected chi connectivity index (χ1v) is 9.51. The van der Waals surface area contributed by atoms with E-state index in [0.29, 0.717) is 30.9 Å². The molecule has 1 atom stereocenters. The lowest BCUT2D eigenvalue weighted by molar-refractivity contribution is 0.0191. The van der Waals surface area contributed by atoms with Crippen molar-refractivity contribution in [2.45, 2.75) is 45.4 Å². The van der Waals surface area contributed by atoms with Gasteiger partial charge in [0.25, 0.3) is 0 Å². The quantitative estimate of drug-likeness (QED) is 0.837. The van der Waals surface area contributed by atoms with Crippen molar-refractivity contribution < 1.29 is 19.4 Å². The van der Waals surface area contributed by atoms with Crippen LogP contribution in [-0.4, -0.2) is 68.2 Å². The van der Waals surface area contributed by atoms with Crippen molar-refractivity contribution in [1.82, 2.24) is 25.1 Å². The summed E-state index contributed by atoms with van der Waals surface area (Å²) < 4.78 is 12.3. The lowest BCUT2D eigenvalue weighted by Gasteiger charge is -2.33. The van der Waals surface area contributed by atoms with Crippen molar-refractivity contribution in [3.8, 4) is 5.75 Å². The second-order valence-corrected chi connectivity index (χ2v) is 7.97. The fraction of sp³-hybridized carbons (Fsp3) is 0.500. The van der Waals surface area contributed by atoms with Crippen LogP contribution in [0.1, 0.15) is 38.6 Å². The second kappa shape index (κ2) is 8.60. The smallest absolute Gasteiger partial charge is 0.410 e. The zero-order chi connectivity index (χ0) is 21.0. The standard InChI is InChI=1S/C20H27N5O4/c1-20(2,3)29-19(27)24-10-9-17(26)15(13-24)11-18-21-22-23-25(18)12-14-5-7-16(28-4)8-6-14/h5-8,11,17,26H,9-10,12-13H2,1-4H3. The topological polar surface area (TPSA) is 103 Å². The van der Waals surface area contributed by atoms with Gasteiger partial charge in [-0.2, -0.15) is 0 Å². The first kappa shape index (κ1) is 20.8. The molecule has 2 heterocycles. The molecular weight excluding hydrogens is 374 g/mol. The van der Waals surface area contributed by atoms with Gasteiger partial charge in [-0.15, -0.1) is 5.10 Å². The monoisotopic (exact) mass is 401 g/mol. The molecule has 1 N–H and O–H groups in total. The van der Waals surface area contributed by atoms with Crippen LogP contribution in [0.3, 0.4) is 0 Å². The van der Waals surface area contributed by atoms with E-state index in [0.717, 1.165) is 11.3 Å². The summed E-state index contributed by atoms with van der Waals surface area (Å²) in [6, 6.07) is 7.64. The van der Waals surface area contributed by atoms with Crippen molar-refractivity contribution in [2.24, 2.45) is 0 Å². The van der Waals surface area contributed by atoms with E-state index in [1.807, 2.05) is 45.0 Å². The molecule has 0 aliphatic carbocycles. The van der Waals surface area contributed by atoms with Crippen LogP contribution in [0.2, 0.25) is 0 Å². The van der Waals surface area contributed by atoms with E-state index < -0.39 is 17.8 Å². The number of ether oxygens (including phenoxy) is 2. The molecule has 1 amide bonds. The number of aliphatic hydroxyl groups excluding tert-OH is 1. The largest absolute Gasteiger partial charge is 0.497 e. The average Bonchev–Trinajstić information content (AvgIpc) is 3.09. The van der Waals surface area contributed by atoms with Crippen LogP contribution in [0.15, 0.2) is 29.8 Å². The van der Waals surface area contributed by atoms with Crippen molar-refractivity contribution in [2.75, 3.05) is 20.2 Å². The van der Waals surface area contributed by atoms with Gasteiger partial charge >= 0.3 is 6.09 Å². The number of aliphatic hydroxyl groups is 1. The summed E-state index contributed by atoms with van der Waals surface area (Å²) in [5.41, 5.74) is 1.12. The van der Waals surface area contributed by atoms with E-state index in [-0.39, 0.29) is 6.54 Å². The molecule has 9 nitrogen and oxygen atoms in total. The van der Waals surface area contributed by atoms with E-state index in [1.54, 1.807) is 22.8 Å². The van der Waals surface area contributed by atoms with Gasteiger partial charge in [-0.25, -0.2) is 9.48 Å². The van der Waals surface area contributed by atoms with Gasteiger partial charge in [0.05, 0.1) is 19.8 Å². The first-order chi connectivity index (χ1) is 13.7. The minimum Gasteiger partial charge on any atom is -0.497 e.